The van der Waals surface area contributed by atoms with E-state index in [0.29, 0.717) is 6.04 Å². The van der Waals surface area contributed by atoms with Gasteiger partial charge in [-0.2, -0.15) is 5.10 Å². The molecule has 0 atom stereocenters. The van der Waals surface area contributed by atoms with Gasteiger partial charge in [-0.1, -0.05) is 0 Å². The molecule has 1 aliphatic heterocycles. The van der Waals surface area contributed by atoms with Gasteiger partial charge in [-0.3, -0.25) is 4.68 Å². The van der Waals surface area contributed by atoms with E-state index in [-0.39, 0.29) is 0 Å². The third-order valence-corrected chi connectivity index (χ3v) is 2.91. The Bertz CT molecular complexity index is 292. The van der Waals surface area contributed by atoms with Crippen LogP contribution in [0.4, 0.5) is 0 Å². The SMILES string of the molecule is Cc1ccnn1CCNC1CCOCC1. The van der Waals surface area contributed by atoms with Gasteiger partial charge in [-0.25, -0.2) is 0 Å². The number of aromatic nitrogens is 2. The Morgan fingerprint density at radius 2 is 2.33 bits per heavy atom. The number of rotatable bonds is 4. The zero-order valence-electron chi connectivity index (χ0n) is 9.28. The van der Waals surface area contributed by atoms with E-state index >= 15 is 0 Å². The summed E-state index contributed by atoms with van der Waals surface area (Å²) in [5.74, 6) is 0. The lowest BCUT2D eigenvalue weighted by molar-refractivity contribution is 0.0778. The Kier molecular flexibility index (Phi) is 3.75. The van der Waals surface area contributed by atoms with Gasteiger partial charge in [-0.05, 0) is 25.8 Å². The molecule has 1 aliphatic rings. The molecule has 0 radical (unpaired) electrons. The fourth-order valence-corrected chi connectivity index (χ4v) is 1.91. The van der Waals surface area contributed by atoms with Crippen molar-refractivity contribution >= 4 is 0 Å². The Morgan fingerprint density at radius 3 is 3.00 bits per heavy atom. The molecule has 0 aliphatic carbocycles. The molecule has 2 heterocycles. The first-order valence-corrected chi connectivity index (χ1v) is 5.66. The highest BCUT2D eigenvalue weighted by Gasteiger charge is 2.12. The fourth-order valence-electron chi connectivity index (χ4n) is 1.91. The molecule has 1 saturated heterocycles. The van der Waals surface area contributed by atoms with E-state index in [0.717, 1.165) is 39.1 Å². The summed E-state index contributed by atoms with van der Waals surface area (Å²) in [6, 6.07) is 2.67. The number of nitrogens with zero attached hydrogens (tertiary/aromatic N) is 2. The van der Waals surface area contributed by atoms with E-state index < -0.39 is 0 Å². The predicted octanol–water partition coefficient (Wildman–Crippen LogP) is 0.960. The molecular formula is C11H19N3O. The van der Waals surface area contributed by atoms with Gasteiger partial charge in [0.25, 0.3) is 0 Å². The van der Waals surface area contributed by atoms with Gasteiger partial charge in [0.2, 0.25) is 0 Å². The second-order valence-electron chi connectivity index (χ2n) is 4.04. The van der Waals surface area contributed by atoms with E-state index in [1.165, 1.54) is 5.69 Å². The van der Waals surface area contributed by atoms with Crippen LogP contribution in [-0.4, -0.2) is 35.6 Å². The Labute approximate surface area is 90.6 Å². The van der Waals surface area contributed by atoms with Crippen molar-refractivity contribution in [1.82, 2.24) is 15.1 Å². The lowest BCUT2D eigenvalue weighted by Gasteiger charge is -2.23. The van der Waals surface area contributed by atoms with Crippen LogP contribution < -0.4 is 5.32 Å². The number of nitrogens with one attached hydrogen (secondary N) is 1. The topological polar surface area (TPSA) is 39.1 Å². The van der Waals surface area contributed by atoms with Gasteiger partial charge >= 0.3 is 0 Å². The van der Waals surface area contributed by atoms with E-state index in [4.69, 9.17) is 4.74 Å². The van der Waals surface area contributed by atoms with Crippen LogP contribution in [0.1, 0.15) is 18.5 Å². The summed E-state index contributed by atoms with van der Waals surface area (Å²) in [5, 5.41) is 7.80. The first-order valence-electron chi connectivity index (χ1n) is 5.66. The molecule has 0 aromatic carbocycles. The molecular weight excluding hydrogens is 190 g/mol. The van der Waals surface area contributed by atoms with Crippen molar-refractivity contribution in [2.75, 3.05) is 19.8 Å². The van der Waals surface area contributed by atoms with Crippen LogP contribution in [0.25, 0.3) is 0 Å². The molecule has 4 nitrogen and oxygen atoms in total. The monoisotopic (exact) mass is 209 g/mol. The number of hydrogen-bond donors (Lipinski definition) is 1. The van der Waals surface area contributed by atoms with Crippen molar-refractivity contribution in [2.24, 2.45) is 0 Å². The fraction of sp³-hybridized carbons (Fsp3) is 0.727. The molecule has 0 bridgehead atoms. The molecule has 84 valence electrons. The van der Waals surface area contributed by atoms with Gasteiger partial charge in [0.05, 0.1) is 6.54 Å². The van der Waals surface area contributed by atoms with Crippen molar-refractivity contribution in [3.05, 3.63) is 18.0 Å². The molecule has 0 amide bonds. The average Bonchev–Trinajstić information content (AvgIpc) is 2.66. The summed E-state index contributed by atoms with van der Waals surface area (Å²) in [7, 11) is 0. The maximum absolute atomic E-state index is 5.31. The maximum Gasteiger partial charge on any atom is 0.0537 e. The Hall–Kier alpha value is -0.870. The van der Waals surface area contributed by atoms with Crippen LogP contribution in [0.2, 0.25) is 0 Å². The Balaban J connectivity index is 1.68. The number of hydrogen-bond acceptors (Lipinski definition) is 3. The van der Waals surface area contributed by atoms with Gasteiger partial charge in [0.1, 0.15) is 0 Å². The zero-order valence-corrected chi connectivity index (χ0v) is 9.28. The van der Waals surface area contributed by atoms with Gasteiger partial charge in [0, 0.05) is 37.7 Å². The Morgan fingerprint density at radius 1 is 1.53 bits per heavy atom. The largest absolute Gasteiger partial charge is 0.381 e. The van der Waals surface area contributed by atoms with Crippen molar-refractivity contribution in [3.63, 3.8) is 0 Å². The molecule has 1 aromatic rings. The molecule has 0 saturated carbocycles. The van der Waals surface area contributed by atoms with Crippen LogP contribution in [0.5, 0.6) is 0 Å². The maximum atomic E-state index is 5.31. The van der Waals surface area contributed by atoms with Crippen molar-refractivity contribution in [3.8, 4) is 0 Å². The summed E-state index contributed by atoms with van der Waals surface area (Å²) in [6.45, 7) is 5.84. The first-order chi connectivity index (χ1) is 7.36. The zero-order chi connectivity index (χ0) is 10.5. The lowest BCUT2D eigenvalue weighted by atomic mass is 10.1. The van der Waals surface area contributed by atoms with E-state index in [2.05, 4.69) is 17.3 Å². The molecule has 2 rings (SSSR count). The van der Waals surface area contributed by atoms with Crippen LogP contribution in [0.15, 0.2) is 12.3 Å². The highest BCUT2D eigenvalue weighted by atomic mass is 16.5. The minimum absolute atomic E-state index is 0.634. The smallest absolute Gasteiger partial charge is 0.0537 e. The van der Waals surface area contributed by atoms with Gasteiger partial charge in [-0.15, -0.1) is 0 Å². The van der Waals surface area contributed by atoms with E-state index in [9.17, 15) is 0 Å². The van der Waals surface area contributed by atoms with Crippen molar-refractivity contribution in [2.45, 2.75) is 32.4 Å². The van der Waals surface area contributed by atoms with Crippen LogP contribution in [-0.2, 0) is 11.3 Å². The second kappa shape index (κ2) is 5.28. The minimum Gasteiger partial charge on any atom is -0.381 e. The summed E-state index contributed by atoms with van der Waals surface area (Å²) < 4.78 is 7.35. The quantitative estimate of drug-likeness (QED) is 0.803. The third kappa shape index (κ3) is 3.04. The second-order valence-corrected chi connectivity index (χ2v) is 4.04. The standard InChI is InChI=1S/C11H19N3O/c1-10-2-5-13-14(10)7-6-12-11-3-8-15-9-4-11/h2,5,11-12H,3-4,6-9H2,1H3. The summed E-state index contributed by atoms with van der Waals surface area (Å²) >= 11 is 0. The van der Waals surface area contributed by atoms with Crippen molar-refractivity contribution < 1.29 is 4.74 Å². The highest BCUT2D eigenvalue weighted by molar-refractivity contribution is 4.96. The predicted molar refractivity (Wildman–Crippen MR) is 58.8 cm³/mol. The first kappa shape index (κ1) is 10.6. The van der Waals surface area contributed by atoms with Crippen molar-refractivity contribution in [1.29, 1.82) is 0 Å². The van der Waals surface area contributed by atoms with E-state index in [1.54, 1.807) is 0 Å². The summed E-state index contributed by atoms with van der Waals surface area (Å²) in [4.78, 5) is 0. The lowest BCUT2D eigenvalue weighted by Crippen LogP contribution is -2.36. The molecule has 1 fully saturated rings. The van der Waals surface area contributed by atoms with Gasteiger partial charge in [0.15, 0.2) is 0 Å². The normalized spacial score (nSPS) is 18.2. The number of ether oxygens (including phenoxy) is 1. The van der Waals surface area contributed by atoms with Crippen LogP contribution in [0, 0.1) is 6.92 Å². The molecule has 0 unspecified atom stereocenters. The molecule has 1 N–H and O–H groups in total. The van der Waals surface area contributed by atoms with Crippen LogP contribution >= 0.6 is 0 Å². The number of aryl methyl sites for hydroxylation is 1. The minimum atomic E-state index is 0.634. The van der Waals surface area contributed by atoms with Gasteiger partial charge < -0.3 is 10.1 Å². The third-order valence-electron chi connectivity index (χ3n) is 2.91. The molecule has 0 spiro atoms. The average molecular weight is 209 g/mol. The van der Waals surface area contributed by atoms with E-state index in [1.807, 2.05) is 16.9 Å². The van der Waals surface area contributed by atoms with Crippen LogP contribution in [0.3, 0.4) is 0 Å². The molecule has 4 heteroatoms. The summed E-state index contributed by atoms with van der Waals surface area (Å²) in [5.41, 5.74) is 1.23. The summed E-state index contributed by atoms with van der Waals surface area (Å²) in [6.07, 6.45) is 4.12. The molecule has 1 aromatic heterocycles. The molecule has 15 heavy (non-hydrogen) atoms. The highest BCUT2D eigenvalue weighted by Crippen LogP contribution is 2.05.